The van der Waals surface area contributed by atoms with Crippen molar-refractivity contribution >= 4 is 17.5 Å². The lowest BCUT2D eigenvalue weighted by molar-refractivity contribution is -0.138. The van der Waals surface area contributed by atoms with E-state index in [0.717, 1.165) is 25.7 Å². The van der Waals surface area contributed by atoms with Crippen LogP contribution in [0.1, 0.15) is 38.2 Å². The minimum absolute atomic E-state index is 0.00298. The summed E-state index contributed by atoms with van der Waals surface area (Å²) >= 11 is 5.55. The zero-order valence-electron chi connectivity index (χ0n) is 12.6. The van der Waals surface area contributed by atoms with Crippen molar-refractivity contribution in [1.29, 1.82) is 0 Å². The molecular formula is C15H18ClF3N2O2. The third kappa shape index (κ3) is 4.73. The van der Waals surface area contributed by atoms with Gasteiger partial charge in [0.15, 0.2) is 0 Å². The van der Waals surface area contributed by atoms with Crippen LogP contribution in [-0.2, 0) is 17.5 Å². The lowest BCUT2D eigenvalue weighted by Gasteiger charge is -2.27. The Morgan fingerprint density at radius 1 is 1.43 bits per heavy atom. The average Bonchev–Trinajstić information content (AvgIpc) is 2.42. The summed E-state index contributed by atoms with van der Waals surface area (Å²) < 4.78 is 39.0. The van der Waals surface area contributed by atoms with Crippen LogP contribution in [0.2, 0.25) is 5.02 Å². The van der Waals surface area contributed by atoms with Gasteiger partial charge in [0.25, 0.3) is 5.56 Å². The van der Waals surface area contributed by atoms with Gasteiger partial charge in [-0.1, -0.05) is 31.4 Å². The summed E-state index contributed by atoms with van der Waals surface area (Å²) in [6.45, 7) is 1.61. The maximum atomic E-state index is 12.8. The number of alkyl halides is 3. The van der Waals surface area contributed by atoms with E-state index in [1.54, 1.807) is 0 Å². The second kappa shape index (κ2) is 6.95. The molecule has 1 amide bonds. The Hall–Kier alpha value is -1.50. The highest BCUT2D eigenvalue weighted by Gasteiger charge is 2.32. The van der Waals surface area contributed by atoms with Crippen molar-refractivity contribution in [3.8, 4) is 0 Å². The number of nitrogens with one attached hydrogen (secondary N) is 1. The fourth-order valence-electron chi connectivity index (χ4n) is 2.86. The van der Waals surface area contributed by atoms with E-state index in [1.165, 1.54) is 0 Å². The third-order valence-corrected chi connectivity index (χ3v) is 4.26. The summed E-state index contributed by atoms with van der Waals surface area (Å²) in [5.74, 6) is 0.0152. The normalized spacial score (nSPS) is 22.0. The minimum Gasteiger partial charge on any atom is -0.352 e. The van der Waals surface area contributed by atoms with Gasteiger partial charge in [0.05, 0.1) is 5.56 Å². The number of hydrogen-bond donors (Lipinski definition) is 1. The van der Waals surface area contributed by atoms with Gasteiger partial charge in [0.1, 0.15) is 11.6 Å². The van der Waals surface area contributed by atoms with Gasteiger partial charge in [-0.2, -0.15) is 13.2 Å². The molecule has 0 aromatic carbocycles. The number of halogens is 4. The Bertz CT molecular complexity index is 643. The topological polar surface area (TPSA) is 51.1 Å². The van der Waals surface area contributed by atoms with Crippen LogP contribution >= 0.6 is 11.6 Å². The quantitative estimate of drug-likeness (QED) is 0.910. The molecule has 0 aliphatic heterocycles. The van der Waals surface area contributed by atoms with E-state index in [0.29, 0.717) is 22.7 Å². The Kier molecular flexibility index (Phi) is 5.39. The summed E-state index contributed by atoms with van der Waals surface area (Å²) in [6, 6.07) is 0.574. The fourth-order valence-corrected chi connectivity index (χ4v) is 3.09. The van der Waals surface area contributed by atoms with Crippen molar-refractivity contribution in [1.82, 2.24) is 9.88 Å². The molecule has 1 N–H and O–H groups in total. The van der Waals surface area contributed by atoms with Crippen LogP contribution in [-0.4, -0.2) is 16.5 Å². The maximum absolute atomic E-state index is 12.8. The first-order valence-electron chi connectivity index (χ1n) is 7.43. The fraction of sp³-hybridized carbons (Fsp3) is 0.600. The molecule has 0 saturated heterocycles. The van der Waals surface area contributed by atoms with Crippen molar-refractivity contribution in [3.05, 3.63) is 33.2 Å². The maximum Gasteiger partial charge on any atom is 0.417 e. The van der Waals surface area contributed by atoms with E-state index < -0.39 is 34.8 Å². The van der Waals surface area contributed by atoms with Crippen molar-refractivity contribution in [2.75, 3.05) is 0 Å². The smallest absolute Gasteiger partial charge is 0.352 e. The SMILES string of the molecule is C[C@H]1CCC[C@@H](NC(=O)Cn2cc(C(F)(F)F)cc(Cl)c2=O)C1. The standard InChI is InChI=1S/C15H18ClF3N2O2/c1-9-3-2-4-11(5-9)20-13(22)8-21-7-10(15(17,18)19)6-12(16)14(21)23/h6-7,9,11H,2-5,8H2,1H3,(H,20,22)/t9-,11+/m0/s1. The highest BCUT2D eigenvalue weighted by atomic mass is 35.5. The molecule has 1 aromatic heterocycles. The largest absolute Gasteiger partial charge is 0.417 e. The summed E-state index contributed by atoms with van der Waals surface area (Å²) in [5, 5.41) is 2.22. The Labute approximate surface area is 136 Å². The lowest BCUT2D eigenvalue weighted by atomic mass is 9.87. The van der Waals surface area contributed by atoms with Gasteiger partial charge >= 0.3 is 6.18 Å². The Morgan fingerprint density at radius 3 is 2.74 bits per heavy atom. The molecular weight excluding hydrogens is 333 g/mol. The van der Waals surface area contributed by atoms with Gasteiger partial charge < -0.3 is 9.88 Å². The van der Waals surface area contributed by atoms with Crippen molar-refractivity contribution in [2.45, 2.75) is 51.4 Å². The van der Waals surface area contributed by atoms with Crippen molar-refractivity contribution < 1.29 is 18.0 Å². The molecule has 23 heavy (non-hydrogen) atoms. The van der Waals surface area contributed by atoms with E-state index in [1.807, 2.05) is 0 Å². The number of carbonyl (C=O) groups excluding carboxylic acids is 1. The van der Waals surface area contributed by atoms with Crippen LogP contribution in [0.5, 0.6) is 0 Å². The molecule has 128 valence electrons. The summed E-state index contributed by atoms with van der Waals surface area (Å²) in [5.41, 5.74) is -1.87. The number of rotatable bonds is 3. The first-order chi connectivity index (χ1) is 10.7. The molecule has 1 saturated carbocycles. The van der Waals surface area contributed by atoms with E-state index in [9.17, 15) is 22.8 Å². The molecule has 8 heteroatoms. The molecule has 0 spiro atoms. The monoisotopic (exact) mass is 350 g/mol. The summed E-state index contributed by atoms with van der Waals surface area (Å²) in [7, 11) is 0. The highest BCUT2D eigenvalue weighted by Crippen LogP contribution is 2.29. The van der Waals surface area contributed by atoms with Crippen LogP contribution in [0.4, 0.5) is 13.2 Å². The van der Waals surface area contributed by atoms with Gasteiger partial charge in [-0.25, -0.2) is 0 Å². The van der Waals surface area contributed by atoms with Crippen LogP contribution in [0.3, 0.4) is 0 Å². The molecule has 0 bridgehead atoms. The first-order valence-corrected chi connectivity index (χ1v) is 7.81. The molecule has 2 atom stereocenters. The average molecular weight is 351 g/mol. The minimum atomic E-state index is -4.63. The molecule has 1 aliphatic carbocycles. The molecule has 0 unspecified atom stereocenters. The van der Waals surface area contributed by atoms with Crippen molar-refractivity contribution in [3.63, 3.8) is 0 Å². The zero-order chi connectivity index (χ0) is 17.2. The Morgan fingerprint density at radius 2 is 2.13 bits per heavy atom. The number of pyridine rings is 1. The number of hydrogen-bond acceptors (Lipinski definition) is 2. The van der Waals surface area contributed by atoms with E-state index >= 15 is 0 Å². The second-order valence-electron chi connectivity index (χ2n) is 6.04. The predicted molar refractivity (Wildman–Crippen MR) is 80.3 cm³/mol. The molecule has 1 heterocycles. The lowest BCUT2D eigenvalue weighted by Crippen LogP contribution is -2.41. The van der Waals surface area contributed by atoms with Gasteiger partial charge in [0.2, 0.25) is 5.91 Å². The van der Waals surface area contributed by atoms with Crippen LogP contribution in [0.15, 0.2) is 17.1 Å². The van der Waals surface area contributed by atoms with Gasteiger partial charge in [-0.05, 0) is 24.8 Å². The zero-order valence-corrected chi connectivity index (χ0v) is 13.4. The molecule has 1 fully saturated rings. The van der Waals surface area contributed by atoms with Crippen LogP contribution in [0, 0.1) is 5.92 Å². The van der Waals surface area contributed by atoms with Crippen LogP contribution < -0.4 is 10.9 Å². The predicted octanol–water partition coefficient (Wildman–Crippen LogP) is 3.22. The Balaban J connectivity index is 2.11. The second-order valence-corrected chi connectivity index (χ2v) is 6.45. The van der Waals surface area contributed by atoms with E-state index in [2.05, 4.69) is 12.2 Å². The number of amides is 1. The molecule has 1 aliphatic rings. The van der Waals surface area contributed by atoms with Gasteiger partial charge in [-0.3, -0.25) is 9.59 Å². The highest BCUT2D eigenvalue weighted by molar-refractivity contribution is 6.30. The van der Waals surface area contributed by atoms with Crippen LogP contribution in [0.25, 0.3) is 0 Å². The number of carbonyl (C=O) groups is 1. The van der Waals surface area contributed by atoms with E-state index in [-0.39, 0.29) is 6.04 Å². The van der Waals surface area contributed by atoms with E-state index in [4.69, 9.17) is 11.6 Å². The third-order valence-electron chi connectivity index (χ3n) is 3.99. The first kappa shape index (κ1) is 17.8. The molecule has 2 rings (SSSR count). The molecule has 0 radical (unpaired) electrons. The molecule has 4 nitrogen and oxygen atoms in total. The van der Waals surface area contributed by atoms with Crippen molar-refractivity contribution in [2.24, 2.45) is 5.92 Å². The van der Waals surface area contributed by atoms with Gasteiger partial charge in [-0.15, -0.1) is 0 Å². The summed E-state index contributed by atoms with van der Waals surface area (Å²) in [4.78, 5) is 23.8. The number of aromatic nitrogens is 1. The van der Waals surface area contributed by atoms with Gasteiger partial charge in [0, 0.05) is 12.2 Å². The molecule has 1 aromatic rings. The summed E-state index contributed by atoms with van der Waals surface area (Å²) in [6.07, 6.45) is -0.222. The number of nitrogens with zero attached hydrogens (tertiary/aromatic N) is 1.